The molecule has 1 atom stereocenters. The molecule has 0 spiro atoms. The van der Waals surface area contributed by atoms with Crippen LogP contribution in [0, 0.1) is 0 Å². The Balaban J connectivity index is 0.888. The van der Waals surface area contributed by atoms with E-state index in [0.717, 1.165) is 16.8 Å². The Morgan fingerprint density at radius 2 is 0.800 bits per heavy atom. The van der Waals surface area contributed by atoms with Gasteiger partial charge < -0.3 is 9.13 Å². The van der Waals surface area contributed by atoms with Gasteiger partial charge in [0.05, 0.1) is 50.0 Å². The third-order valence-corrected chi connectivity index (χ3v) is 15.8. The first-order valence-electron chi connectivity index (χ1n) is 24.4. The van der Waals surface area contributed by atoms with Crippen molar-refractivity contribution in [3.8, 4) is 11.4 Å². The molecular weight excluding hydrogens is 849 g/mol. The van der Waals surface area contributed by atoms with E-state index in [0.29, 0.717) is 6.42 Å². The number of rotatable bonds is 6. The van der Waals surface area contributed by atoms with Crippen molar-refractivity contribution >= 4 is 55.5 Å². The molecule has 328 valence electrons. The van der Waals surface area contributed by atoms with Gasteiger partial charge in [-0.2, -0.15) is 0 Å². The van der Waals surface area contributed by atoms with Gasteiger partial charge in [0.25, 0.3) is 0 Å². The second-order valence-corrected chi connectivity index (χ2v) is 19.1. The highest BCUT2D eigenvalue weighted by molar-refractivity contribution is 6.17. The molecule has 0 saturated heterocycles. The zero-order valence-corrected chi connectivity index (χ0v) is 38.2. The van der Waals surface area contributed by atoms with Crippen molar-refractivity contribution in [2.45, 2.75) is 23.4 Å². The molecule has 0 aliphatic carbocycles. The van der Waals surface area contributed by atoms with E-state index in [4.69, 9.17) is 9.98 Å². The quantitative estimate of drug-likeness (QED) is 0.159. The Hall–Kier alpha value is -8.86. The van der Waals surface area contributed by atoms with Crippen molar-refractivity contribution in [2.75, 3.05) is 0 Å². The Morgan fingerprint density at radius 3 is 1.30 bits per heavy atom. The number of nitrogens with zero attached hydrogens (tertiary/aromatic N) is 4. The zero-order valence-electron chi connectivity index (χ0n) is 38.2. The number of benzene rings is 10. The molecule has 4 heteroatoms. The van der Waals surface area contributed by atoms with Crippen LogP contribution in [0.5, 0.6) is 0 Å². The lowest BCUT2D eigenvalue weighted by Crippen LogP contribution is -2.35. The van der Waals surface area contributed by atoms with Gasteiger partial charge in [0, 0.05) is 34.2 Å². The zero-order chi connectivity index (χ0) is 46.0. The van der Waals surface area contributed by atoms with Gasteiger partial charge >= 0.3 is 0 Å². The second kappa shape index (κ2) is 14.8. The van der Waals surface area contributed by atoms with Gasteiger partial charge in [-0.25, -0.2) is 0 Å². The molecule has 0 saturated carbocycles. The number of fused-ring (bicyclic) bond motifs is 10. The molecule has 0 radical (unpaired) electrons. The minimum atomic E-state index is -0.512. The Labute approximate surface area is 405 Å². The van der Waals surface area contributed by atoms with E-state index < -0.39 is 10.8 Å². The summed E-state index contributed by atoms with van der Waals surface area (Å²) in [6.45, 7) is 0. The maximum atomic E-state index is 5.49. The third-order valence-electron chi connectivity index (χ3n) is 15.8. The SMILES string of the molecule is C1=NC(c2ccc3c(c2)c2cccc4c2n3-c2ccccc2C4(c2ccccc2)c2ccccc2)N=C(c2ccc3c(c2)c2cccc4c2n3-c2ccccc2C4(c2ccccc2)c2ccccc2)C1. The van der Waals surface area contributed by atoms with Gasteiger partial charge in [-0.15, -0.1) is 0 Å². The maximum Gasteiger partial charge on any atom is 0.164 e. The molecule has 2 aromatic heterocycles. The number of hydrogen-bond donors (Lipinski definition) is 0. The van der Waals surface area contributed by atoms with Crippen LogP contribution in [0.1, 0.15) is 68.2 Å². The molecule has 0 N–H and O–H groups in total. The lowest BCUT2D eigenvalue weighted by molar-refractivity contribution is 0.727. The van der Waals surface area contributed by atoms with E-state index in [1.165, 1.54) is 99.5 Å². The fraction of sp³-hybridized carbons (Fsp3) is 0.0606. The van der Waals surface area contributed by atoms with E-state index >= 15 is 0 Å². The maximum absolute atomic E-state index is 5.49. The fourth-order valence-electron chi connectivity index (χ4n) is 13.0. The summed E-state index contributed by atoms with van der Waals surface area (Å²) in [5.74, 6) is 0. The first-order valence-corrected chi connectivity index (χ1v) is 24.4. The molecule has 3 aliphatic rings. The molecule has 4 nitrogen and oxygen atoms in total. The lowest BCUT2D eigenvalue weighted by Gasteiger charge is -2.41. The average molecular weight is 893 g/mol. The number of para-hydroxylation sites is 4. The van der Waals surface area contributed by atoms with Gasteiger partial charge in [-0.3, -0.25) is 9.98 Å². The predicted octanol–water partition coefficient (Wildman–Crippen LogP) is 15.2. The minimum Gasteiger partial charge on any atom is -0.309 e. The van der Waals surface area contributed by atoms with E-state index in [1.807, 2.05) is 0 Å². The van der Waals surface area contributed by atoms with E-state index in [2.05, 4.69) is 258 Å². The summed E-state index contributed by atoms with van der Waals surface area (Å²) in [5, 5.41) is 4.90. The monoisotopic (exact) mass is 892 g/mol. The van der Waals surface area contributed by atoms with Crippen molar-refractivity contribution in [3.63, 3.8) is 0 Å². The fourth-order valence-corrected chi connectivity index (χ4v) is 13.0. The van der Waals surface area contributed by atoms with Gasteiger partial charge in [-0.1, -0.05) is 206 Å². The topological polar surface area (TPSA) is 34.6 Å². The Bertz CT molecular complexity index is 4060. The van der Waals surface area contributed by atoms with Crippen LogP contribution in [0.4, 0.5) is 0 Å². The molecule has 10 aromatic carbocycles. The van der Waals surface area contributed by atoms with Crippen LogP contribution in [-0.4, -0.2) is 21.1 Å². The van der Waals surface area contributed by atoms with Crippen LogP contribution < -0.4 is 0 Å². The van der Waals surface area contributed by atoms with Crippen molar-refractivity contribution in [1.29, 1.82) is 0 Å². The number of aromatic nitrogens is 2. The lowest BCUT2D eigenvalue weighted by atomic mass is 9.63. The van der Waals surface area contributed by atoms with Gasteiger partial charge in [0.1, 0.15) is 0 Å². The van der Waals surface area contributed by atoms with Crippen LogP contribution in [0.15, 0.2) is 253 Å². The molecule has 15 rings (SSSR count). The molecule has 5 heterocycles. The van der Waals surface area contributed by atoms with Crippen LogP contribution >= 0.6 is 0 Å². The molecule has 1 unspecified atom stereocenters. The van der Waals surface area contributed by atoms with E-state index in [1.54, 1.807) is 0 Å². The number of hydrogen-bond acceptors (Lipinski definition) is 2. The largest absolute Gasteiger partial charge is 0.309 e. The van der Waals surface area contributed by atoms with Crippen LogP contribution in [0.2, 0.25) is 0 Å². The average Bonchev–Trinajstić information content (AvgIpc) is 3.96. The van der Waals surface area contributed by atoms with Crippen molar-refractivity contribution < 1.29 is 0 Å². The second-order valence-electron chi connectivity index (χ2n) is 19.1. The van der Waals surface area contributed by atoms with Crippen molar-refractivity contribution in [3.05, 3.63) is 298 Å². The predicted molar refractivity (Wildman–Crippen MR) is 288 cm³/mol. The number of aliphatic imine (C=N–C) groups is 2. The van der Waals surface area contributed by atoms with Gasteiger partial charge in [0.15, 0.2) is 6.17 Å². The Morgan fingerprint density at radius 1 is 0.371 bits per heavy atom. The van der Waals surface area contributed by atoms with E-state index in [9.17, 15) is 0 Å². The van der Waals surface area contributed by atoms with Crippen molar-refractivity contribution in [2.24, 2.45) is 9.98 Å². The summed E-state index contributed by atoms with van der Waals surface area (Å²) in [7, 11) is 0. The highest BCUT2D eigenvalue weighted by atomic mass is 15.0. The summed E-state index contributed by atoms with van der Waals surface area (Å²) < 4.78 is 5.00. The summed E-state index contributed by atoms with van der Waals surface area (Å²) in [5.41, 5.74) is 19.6. The standard InChI is InChI=1S/C66H44N4/c1-5-19-45(20-6-1)65(46-21-7-2-8-22-46)53-29-13-15-33-60(53)69-58-37-35-43(41-51(58)49-27-17-31-55(65)62(49)69)57-39-40-67-64(68-57)44-36-38-59-52(42-44)50-28-18-32-56-63(50)70(59)61-34-16-14-30-54(61)66(56,47-23-9-3-10-24-47)48-25-11-4-12-26-48/h1-38,40-42,64H,39H2. The summed E-state index contributed by atoms with van der Waals surface area (Å²) >= 11 is 0. The summed E-state index contributed by atoms with van der Waals surface area (Å²) in [6, 6.07) is 89.8. The highest BCUT2D eigenvalue weighted by Gasteiger charge is 2.46. The van der Waals surface area contributed by atoms with Crippen molar-refractivity contribution in [1.82, 2.24) is 9.13 Å². The van der Waals surface area contributed by atoms with Crippen LogP contribution in [0.3, 0.4) is 0 Å². The van der Waals surface area contributed by atoms with Gasteiger partial charge in [0.2, 0.25) is 0 Å². The first kappa shape index (κ1) is 39.2. The summed E-state index contributed by atoms with van der Waals surface area (Å²) in [6.07, 6.45) is 2.37. The normalized spacial score (nSPS) is 16.1. The summed E-state index contributed by atoms with van der Waals surface area (Å²) in [4.78, 5) is 10.6. The smallest absolute Gasteiger partial charge is 0.164 e. The molecular formula is C66H44N4. The minimum absolute atomic E-state index is 0.366. The van der Waals surface area contributed by atoms with Crippen LogP contribution in [-0.2, 0) is 10.8 Å². The third kappa shape index (κ3) is 5.14. The highest BCUT2D eigenvalue weighted by Crippen LogP contribution is 2.56. The molecule has 12 aromatic rings. The molecule has 0 bridgehead atoms. The first-order chi connectivity index (χ1) is 34.7. The van der Waals surface area contributed by atoms with Crippen LogP contribution in [0.25, 0.3) is 55.0 Å². The molecule has 0 fully saturated rings. The molecule has 3 aliphatic heterocycles. The Kier molecular flexibility index (Phi) is 8.29. The molecule has 70 heavy (non-hydrogen) atoms. The molecule has 0 amide bonds. The van der Waals surface area contributed by atoms with E-state index in [-0.39, 0.29) is 6.17 Å². The van der Waals surface area contributed by atoms with Gasteiger partial charge in [-0.05, 0) is 92.0 Å².